The summed E-state index contributed by atoms with van der Waals surface area (Å²) in [5.41, 5.74) is 4.84. The summed E-state index contributed by atoms with van der Waals surface area (Å²) in [6, 6.07) is 7.86. The average molecular weight is 460 g/mol. The van der Waals surface area contributed by atoms with Crippen molar-refractivity contribution >= 4 is 17.3 Å². The summed E-state index contributed by atoms with van der Waals surface area (Å²) in [5, 5.41) is 13.0. The number of nitrogens with two attached hydrogens (primary N) is 1. The molecule has 172 valence electrons. The van der Waals surface area contributed by atoms with Crippen molar-refractivity contribution in [1.29, 1.82) is 0 Å². The maximum atomic E-state index is 13.0. The number of nitrogens with one attached hydrogen (secondary N) is 1. The fourth-order valence-corrected chi connectivity index (χ4v) is 3.32. The molecule has 0 saturated carbocycles. The van der Waals surface area contributed by atoms with Gasteiger partial charge in [-0.3, -0.25) is 4.98 Å². The van der Waals surface area contributed by atoms with Gasteiger partial charge in [0.05, 0.1) is 34.2 Å². The van der Waals surface area contributed by atoms with Gasteiger partial charge in [-0.1, -0.05) is 30.5 Å². The Kier molecular flexibility index (Phi) is 10.0. The van der Waals surface area contributed by atoms with Crippen LogP contribution in [0, 0.1) is 0 Å². The number of benzene rings is 1. The molecule has 0 radical (unpaired) electrons. The molecular formula is C22H29ClF3N3O2. The van der Waals surface area contributed by atoms with E-state index in [1.807, 2.05) is 25.1 Å². The lowest BCUT2D eigenvalue weighted by molar-refractivity contribution is -0.137. The van der Waals surface area contributed by atoms with E-state index >= 15 is 0 Å². The minimum absolute atomic E-state index is 0.0379. The molecule has 0 spiro atoms. The van der Waals surface area contributed by atoms with Crippen LogP contribution in [0.5, 0.6) is 0 Å². The van der Waals surface area contributed by atoms with Crippen molar-refractivity contribution in [3.8, 4) is 0 Å². The Bertz CT molecular complexity index is 807. The number of unbranched alkanes of at least 4 members (excludes halogenated alkanes) is 3. The zero-order chi connectivity index (χ0) is 22.9. The van der Waals surface area contributed by atoms with Crippen molar-refractivity contribution < 1.29 is 23.0 Å². The third-order valence-electron chi connectivity index (χ3n) is 4.90. The van der Waals surface area contributed by atoms with Crippen molar-refractivity contribution in [3.63, 3.8) is 0 Å². The van der Waals surface area contributed by atoms with Gasteiger partial charge in [-0.2, -0.15) is 13.2 Å². The van der Waals surface area contributed by atoms with Crippen molar-refractivity contribution in [2.24, 2.45) is 0 Å². The van der Waals surface area contributed by atoms with Crippen LogP contribution >= 0.6 is 11.6 Å². The van der Waals surface area contributed by atoms with Crippen molar-refractivity contribution in [2.45, 2.75) is 51.0 Å². The molecule has 1 aromatic heterocycles. The molecule has 2 rings (SSSR count). The van der Waals surface area contributed by atoms with E-state index in [2.05, 4.69) is 10.3 Å². The predicted octanol–water partition coefficient (Wildman–Crippen LogP) is 5.30. The fraction of sp³-hybridized carbons (Fsp3) is 0.500. The number of alkyl halides is 3. The summed E-state index contributed by atoms with van der Waals surface area (Å²) in [6.07, 6.45) is -0.225. The molecule has 2 aromatic rings. The topological polar surface area (TPSA) is 80.4 Å². The number of aliphatic hydroxyl groups excluding tert-OH is 1. The normalized spacial score (nSPS) is 13.9. The zero-order valence-corrected chi connectivity index (χ0v) is 18.2. The Balaban J connectivity index is 1.61. The average Bonchev–Trinajstić information content (AvgIpc) is 2.73. The summed E-state index contributed by atoms with van der Waals surface area (Å²) in [7, 11) is 0. The molecule has 9 heteroatoms. The van der Waals surface area contributed by atoms with E-state index in [9.17, 15) is 18.3 Å². The number of anilines is 1. The maximum absolute atomic E-state index is 13.0. The smallest absolute Gasteiger partial charge is 0.397 e. The second-order valence-electron chi connectivity index (χ2n) is 7.36. The molecule has 2 unspecified atom stereocenters. The van der Waals surface area contributed by atoms with Crippen LogP contribution in [0.2, 0.25) is 5.02 Å². The Hall–Kier alpha value is -1.87. The van der Waals surface area contributed by atoms with Gasteiger partial charge in [-0.15, -0.1) is 0 Å². The number of ether oxygens (including phenoxy) is 1. The molecule has 4 N–H and O–H groups in total. The van der Waals surface area contributed by atoms with Gasteiger partial charge in [-0.25, -0.2) is 0 Å². The maximum Gasteiger partial charge on any atom is 0.418 e. The van der Waals surface area contributed by atoms with Crippen LogP contribution in [0.3, 0.4) is 0 Å². The van der Waals surface area contributed by atoms with E-state index in [1.54, 1.807) is 6.20 Å². The number of nitrogen functional groups attached to an aromatic ring is 1. The first-order valence-corrected chi connectivity index (χ1v) is 10.7. The van der Waals surface area contributed by atoms with Crippen LogP contribution in [-0.4, -0.2) is 29.8 Å². The van der Waals surface area contributed by atoms with Crippen LogP contribution in [0.15, 0.2) is 36.5 Å². The van der Waals surface area contributed by atoms with Crippen LogP contribution in [0.25, 0.3) is 0 Å². The number of hydrogen-bond acceptors (Lipinski definition) is 5. The summed E-state index contributed by atoms with van der Waals surface area (Å²) in [4.78, 5) is 4.27. The molecule has 0 amide bonds. The van der Waals surface area contributed by atoms with Gasteiger partial charge in [0.15, 0.2) is 0 Å². The molecule has 0 bridgehead atoms. The number of aliphatic hydroxyl groups is 1. The number of aromatic nitrogens is 1. The summed E-state index contributed by atoms with van der Waals surface area (Å²) in [6.45, 7) is 3.41. The van der Waals surface area contributed by atoms with E-state index in [0.29, 0.717) is 13.2 Å². The second kappa shape index (κ2) is 12.2. The molecule has 2 atom stereocenters. The standard InChI is InChI=1S/C22H29ClF3N3O2/c1-15(19-8-4-6-10-29-19)31-11-7-3-2-5-9-28-14-20(30)16-12-17(22(24,25)26)21(27)18(23)13-16/h4,6,8,10,12-13,15,20,28,30H,2-3,5,7,9,11,14,27H2,1H3. The summed E-state index contributed by atoms with van der Waals surface area (Å²) in [5.74, 6) is 0. The minimum atomic E-state index is -4.63. The minimum Gasteiger partial charge on any atom is -0.397 e. The third-order valence-corrected chi connectivity index (χ3v) is 5.21. The van der Waals surface area contributed by atoms with Gasteiger partial charge in [0.1, 0.15) is 0 Å². The van der Waals surface area contributed by atoms with Crippen LogP contribution in [-0.2, 0) is 10.9 Å². The highest BCUT2D eigenvalue weighted by Crippen LogP contribution is 2.38. The number of rotatable bonds is 12. The van der Waals surface area contributed by atoms with Crippen LogP contribution < -0.4 is 11.1 Å². The van der Waals surface area contributed by atoms with E-state index < -0.39 is 23.5 Å². The second-order valence-corrected chi connectivity index (χ2v) is 7.77. The van der Waals surface area contributed by atoms with Gasteiger partial charge in [0, 0.05) is 19.3 Å². The Morgan fingerprint density at radius 3 is 2.61 bits per heavy atom. The predicted molar refractivity (Wildman–Crippen MR) is 116 cm³/mol. The summed E-state index contributed by atoms with van der Waals surface area (Å²) < 4.78 is 44.9. The Labute approximate surface area is 185 Å². The van der Waals surface area contributed by atoms with E-state index in [4.69, 9.17) is 22.1 Å². The van der Waals surface area contributed by atoms with E-state index in [1.165, 1.54) is 6.07 Å². The van der Waals surface area contributed by atoms with Crippen LogP contribution in [0.1, 0.15) is 61.6 Å². The molecule has 1 heterocycles. The number of pyridine rings is 1. The van der Waals surface area contributed by atoms with E-state index in [-0.39, 0.29) is 23.2 Å². The quantitative estimate of drug-likeness (QED) is 0.296. The monoisotopic (exact) mass is 459 g/mol. The lowest BCUT2D eigenvalue weighted by Crippen LogP contribution is -2.23. The van der Waals surface area contributed by atoms with E-state index in [0.717, 1.165) is 37.4 Å². The molecule has 0 aliphatic rings. The highest BCUT2D eigenvalue weighted by atomic mass is 35.5. The van der Waals surface area contributed by atoms with Gasteiger partial charge in [0.2, 0.25) is 0 Å². The van der Waals surface area contributed by atoms with Gasteiger partial charge >= 0.3 is 6.18 Å². The molecule has 1 aromatic carbocycles. The first-order valence-electron chi connectivity index (χ1n) is 10.3. The first kappa shape index (κ1) is 25.4. The molecule has 5 nitrogen and oxygen atoms in total. The molecule has 31 heavy (non-hydrogen) atoms. The number of hydrogen-bond donors (Lipinski definition) is 3. The van der Waals surface area contributed by atoms with Gasteiger partial charge in [0.25, 0.3) is 0 Å². The fourth-order valence-electron chi connectivity index (χ4n) is 3.09. The highest BCUT2D eigenvalue weighted by molar-refractivity contribution is 6.33. The number of halogens is 4. The van der Waals surface area contributed by atoms with Crippen molar-refractivity contribution in [3.05, 3.63) is 58.4 Å². The molecule has 0 saturated heterocycles. The van der Waals surface area contributed by atoms with Crippen molar-refractivity contribution in [1.82, 2.24) is 10.3 Å². The van der Waals surface area contributed by atoms with Gasteiger partial charge in [-0.05, 0) is 56.1 Å². The summed E-state index contributed by atoms with van der Waals surface area (Å²) >= 11 is 5.80. The lowest BCUT2D eigenvalue weighted by atomic mass is 10.0. The Morgan fingerprint density at radius 1 is 1.19 bits per heavy atom. The lowest BCUT2D eigenvalue weighted by Gasteiger charge is -2.17. The Morgan fingerprint density at radius 2 is 1.94 bits per heavy atom. The first-order chi connectivity index (χ1) is 14.7. The van der Waals surface area contributed by atoms with Gasteiger partial charge < -0.3 is 20.9 Å². The van der Waals surface area contributed by atoms with Crippen molar-refractivity contribution in [2.75, 3.05) is 25.4 Å². The molecular weight excluding hydrogens is 431 g/mol. The molecule has 0 aliphatic carbocycles. The largest absolute Gasteiger partial charge is 0.418 e. The van der Waals surface area contributed by atoms with Crippen LogP contribution in [0.4, 0.5) is 18.9 Å². The molecule has 0 fully saturated rings. The zero-order valence-electron chi connectivity index (χ0n) is 17.5. The molecule has 0 aliphatic heterocycles. The number of nitrogens with zero attached hydrogens (tertiary/aromatic N) is 1. The SMILES string of the molecule is CC(OCCCCCCNCC(O)c1cc(Cl)c(N)c(C(F)(F)F)c1)c1ccccn1. The highest BCUT2D eigenvalue weighted by Gasteiger charge is 2.34. The third kappa shape index (κ3) is 8.29.